The molecule has 2 atom stereocenters. The van der Waals surface area contributed by atoms with Crippen LogP contribution in [-0.4, -0.2) is 81.9 Å². The molecule has 2 aliphatic rings. The van der Waals surface area contributed by atoms with Crippen molar-refractivity contribution in [2.75, 3.05) is 11.5 Å². The number of aliphatic carboxylic acids is 1. The number of carbonyl (C=O) groups excluding carboxylic acids is 3. The second-order valence-electron chi connectivity index (χ2n) is 10.5. The monoisotopic (exact) mass is 674 g/mol. The minimum Gasteiger partial charge on any atom is -0.546 e. The van der Waals surface area contributed by atoms with Crippen LogP contribution in [0, 0.1) is 0 Å². The van der Waals surface area contributed by atoms with Gasteiger partial charge < -0.3 is 41.1 Å². The number of pyridine rings is 1. The number of hydrogen-bond donors (Lipinski definition) is 4. The fraction of sp³-hybridized carbons (Fsp3) is 0.269. The van der Waals surface area contributed by atoms with E-state index in [0.29, 0.717) is 23.4 Å². The van der Waals surface area contributed by atoms with Gasteiger partial charge in [0, 0.05) is 28.2 Å². The number of rotatable bonds is 9. The third-order valence-corrected chi connectivity index (χ3v) is 9.02. The topological polar surface area (TPSA) is 247 Å². The predicted molar refractivity (Wildman–Crippen MR) is 156 cm³/mol. The quantitative estimate of drug-likeness (QED) is 0.0326. The van der Waals surface area contributed by atoms with Gasteiger partial charge in [0.15, 0.2) is 46.9 Å². The summed E-state index contributed by atoms with van der Waals surface area (Å²) in [6, 6.07) is 3.70. The van der Waals surface area contributed by atoms with Crippen LogP contribution in [0.3, 0.4) is 0 Å². The maximum atomic E-state index is 13.6. The Kier molecular flexibility index (Phi) is 9.23. The number of oxime groups is 1. The number of nitrogens with two attached hydrogens (primary N) is 1. The number of aromatic hydroxyl groups is 2. The molecule has 2 amide bonds. The molecule has 46 heavy (non-hydrogen) atoms. The second kappa shape index (κ2) is 12.8. The van der Waals surface area contributed by atoms with Crippen molar-refractivity contribution in [3.63, 3.8) is 0 Å². The molecule has 0 radical (unpaired) electrons. The van der Waals surface area contributed by atoms with Crippen LogP contribution in [0.25, 0.3) is 16.5 Å². The SMILES string of the molecule is CC(C)(O/N=C(/C(=O)N[C@@H]1C(=O)N2C(c3nnn[n-]3)=C(C[n+]3ccc4cc(O)c(O)cc4c3)CS[C@H]12)c1csc(N)n1)C(=O)[O-].[Na+]. The number of carboxylic acid groups (broad SMARTS) is 1. The van der Waals surface area contributed by atoms with Crippen LogP contribution in [0.4, 0.5) is 5.13 Å². The molecule has 6 rings (SSSR count). The fourth-order valence-corrected chi connectivity index (χ4v) is 6.53. The average Bonchev–Trinajstić information content (AvgIpc) is 3.69. The third-order valence-electron chi connectivity index (χ3n) is 7.01. The number of amides is 2. The molecule has 2 aliphatic heterocycles. The maximum absolute atomic E-state index is 13.6. The summed E-state index contributed by atoms with van der Waals surface area (Å²) in [7, 11) is 0. The van der Waals surface area contributed by atoms with E-state index in [9.17, 15) is 29.7 Å². The van der Waals surface area contributed by atoms with E-state index in [-0.39, 0.29) is 63.4 Å². The van der Waals surface area contributed by atoms with Crippen LogP contribution in [0.15, 0.2) is 46.7 Å². The van der Waals surface area contributed by atoms with E-state index < -0.39 is 34.8 Å². The normalized spacial score (nSPS) is 18.1. The Bertz CT molecular complexity index is 1910. The van der Waals surface area contributed by atoms with Crippen molar-refractivity contribution in [2.45, 2.75) is 37.4 Å². The van der Waals surface area contributed by atoms with Crippen molar-refractivity contribution in [1.82, 2.24) is 35.8 Å². The van der Waals surface area contributed by atoms with E-state index in [2.05, 4.69) is 36.1 Å². The van der Waals surface area contributed by atoms with Gasteiger partial charge in [-0.15, -0.1) is 23.1 Å². The van der Waals surface area contributed by atoms with E-state index in [1.165, 1.54) is 48.0 Å². The van der Waals surface area contributed by atoms with Crippen LogP contribution >= 0.6 is 23.1 Å². The molecule has 1 saturated heterocycles. The summed E-state index contributed by atoms with van der Waals surface area (Å²) in [6.45, 7) is 2.72. The number of phenols is 2. The number of phenolic OH excluding ortho intramolecular Hbond substituents is 2. The van der Waals surface area contributed by atoms with Gasteiger partial charge >= 0.3 is 29.6 Å². The summed E-state index contributed by atoms with van der Waals surface area (Å²) in [6.07, 6.45) is 3.58. The maximum Gasteiger partial charge on any atom is 1.00 e. The molecule has 1 aromatic carbocycles. The van der Waals surface area contributed by atoms with E-state index in [1.54, 1.807) is 18.5 Å². The van der Waals surface area contributed by atoms with Gasteiger partial charge in [-0.25, -0.2) is 9.55 Å². The average molecular weight is 675 g/mol. The second-order valence-corrected chi connectivity index (χ2v) is 12.5. The number of carbonyl (C=O) groups is 3. The largest absolute Gasteiger partial charge is 1.00 e. The summed E-state index contributed by atoms with van der Waals surface area (Å²) in [5, 5.41) is 55.1. The summed E-state index contributed by atoms with van der Waals surface area (Å²) in [5.74, 6) is -2.78. The first-order chi connectivity index (χ1) is 21.4. The van der Waals surface area contributed by atoms with Gasteiger partial charge in [-0.3, -0.25) is 24.8 Å². The smallest absolute Gasteiger partial charge is 0.546 e. The van der Waals surface area contributed by atoms with Gasteiger partial charge in [0.2, 0.25) is 0 Å². The number of β-lactam (4-membered cyclic amide) rings is 1. The Balaban J connectivity index is 0.00000417. The molecule has 0 unspecified atom stereocenters. The number of thiazole rings is 1. The van der Waals surface area contributed by atoms with E-state index in [0.717, 1.165) is 22.3 Å². The van der Waals surface area contributed by atoms with Crippen LogP contribution < -0.4 is 55.4 Å². The zero-order valence-electron chi connectivity index (χ0n) is 24.4. The van der Waals surface area contributed by atoms with Crippen LogP contribution in [0.2, 0.25) is 0 Å². The Labute approximate surface area is 289 Å². The van der Waals surface area contributed by atoms with E-state index in [1.807, 2.05) is 4.57 Å². The number of nitrogens with one attached hydrogen (secondary N) is 1. The predicted octanol–water partition coefficient (Wildman–Crippen LogP) is -4.52. The van der Waals surface area contributed by atoms with Gasteiger partial charge in [0.05, 0.1) is 17.5 Å². The molecule has 17 nitrogen and oxygen atoms in total. The minimum atomic E-state index is -1.86. The number of hydrogen-bond acceptors (Lipinski definition) is 15. The zero-order valence-corrected chi connectivity index (χ0v) is 28.1. The number of carboxylic acids is 1. The molecular formula is C26H23N10NaO7S2. The Morgan fingerprint density at radius 3 is 2.70 bits per heavy atom. The number of aromatic nitrogens is 6. The summed E-state index contributed by atoms with van der Waals surface area (Å²) in [5.41, 5.74) is 4.70. The Morgan fingerprint density at radius 2 is 2.04 bits per heavy atom. The fourth-order valence-electron chi connectivity index (χ4n) is 4.65. The molecule has 5 N–H and O–H groups in total. The molecule has 0 bridgehead atoms. The third kappa shape index (κ3) is 6.23. The summed E-state index contributed by atoms with van der Waals surface area (Å²) in [4.78, 5) is 49.0. The van der Waals surface area contributed by atoms with Crippen molar-refractivity contribution in [1.29, 1.82) is 0 Å². The van der Waals surface area contributed by atoms with Gasteiger partial charge in [-0.05, 0) is 31.4 Å². The van der Waals surface area contributed by atoms with E-state index >= 15 is 0 Å². The molecule has 20 heteroatoms. The molecule has 5 heterocycles. The van der Waals surface area contributed by atoms with Crippen LogP contribution in [-0.2, 0) is 25.8 Å². The minimum absolute atomic E-state index is 0. The van der Waals surface area contributed by atoms with Crippen molar-refractivity contribution in [3.05, 3.63) is 53.1 Å². The summed E-state index contributed by atoms with van der Waals surface area (Å²) >= 11 is 2.43. The van der Waals surface area contributed by atoms with Gasteiger partial charge in [-0.1, -0.05) is 5.16 Å². The van der Waals surface area contributed by atoms with Gasteiger partial charge in [-0.2, -0.15) is 5.21 Å². The molecule has 0 spiro atoms. The molecule has 4 aromatic rings. The number of fused-ring (bicyclic) bond motifs is 2. The first kappa shape index (κ1) is 33.1. The Morgan fingerprint density at radius 1 is 1.30 bits per heavy atom. The van der Waals surface area contributed by atoms with Crippen molar-refractivity contribution < 1.29 is 68.7 Å². The first-order valence-corrected chi connectivity index (χ1v) is 15.1. The van der Waals surface area contributed by atoms with Crippen LogP contribution in [0.1, 0.15) is 25.4 Å². The molecule has 0 aliphatic carbocycles. The molecule has 1 fully saturated rings. The molecular weight excluding hydrogens is 651 g/mol. The Hall–Kier alpha value is -4.30. The number of nitrogens with zero attached hydrogens (tertiary/aromatic N) is 8. The van der Waals surface area contributed by atoms with E-state index in [4.69, 9.17) is 10.6 Å². The molecule has 232 valence electrons. The zero-order chi connectivity index (χ0) is 32.0. The van der Waals surface area contributed by atoms with Crippen LogP contribution in [0.5, 0.6) is 11.5 Å². The van der Waals surface area contributed by atoms with Gasteiger partial charge in [0.1, 0.15) is 17.1 Å². The van der Waals surface area contributed by atoms with Gasteiger partial charge in [0.25, 0.3) is 11.8 Å². The van der Waals surface area contributed by atoms with Crippen molar-refractivity contribution >= 4 is 68.2 Å². The number of thioether (sulfide) groups is 1. The number of benzene rings is 1. The molecule has 3 aromatic heterocycles. The number of nitrogen functional groups attached to an aromatic ring is 1. The number of tetrazole rings is 1. The number of anilines is 1. The first-order valence-electron chi connectivity index (χ1n) is 13.1. The van der Waals surface area contributed by atoms with Crippen molar-refractivity contribution in [3.8, 4) is 11.5 Å². The standard InChI is InChI=1S/C26H24N10O7S2.Na/c1-26(2,24(41)42)43-32-17(14-10-45-25(27)28-14)21(39)29-18-22(40)36-19(20-30-33-34-31-20)13(9-44-23(18)36)8-35-4-3-11-5-15(37)16(38)6-12(11)7-35;/h3-7,10,18,23H,8-9H2,1-2H3,(H6,27,28,29,30,31,33,34,38,39,41,42);/q;+1/p-1/b32-17+;/t18-,23-;/m1./s1. The summed E-state index contributed by atoms with van der Waals surface area (Å²) < 4.78 is 1.85. The van der Waals surface area contributed by atoms with Crippen molar-refractivity contribution in [2.24, 2.45) is 5.16 Å². The molecule has 0 saturated carbocycles.